The predicted octanol–water partition coefficient (Wildman–Crippen LogP) is 9.70. The van der Waals surface area contributed by atoms with Crippen LogP contribution in [0.3, 0.4) is 0 Å². The molecule has 0 heterocycles. The van der Waals surface area contributed by atoms with Crippen molar-refractivity contribution in [1.82, 2.24) is 0 Å². The van der Waals surface area contributed by atoms with Crippen molar-refractivity contribution in [1.29, 1.82) is 0 Å². The summed E-state index contributed by atoms with van der Waals surface area (Å²) in [5.74, 6) is 10.5. The van der Waals surface area contributed by atoms with Gasteiger partial charge >= 0.3 is 0 Å². The highest BCUT2D eigenvalue weighted by molar-refractivity contribution is 5.44. The molecule has 34 heavy (non-hydrogen) atoms. The maximum Gasteiger partial charge on any atom is 0.0249 e. The SMILES string of the molecule is CCCC1CCC(CCc2ccc(C#Cc3ccc(C4CCC(CCC)CC4)cc3)cc2)CC1. The third-order valence-corrected chi connectivity index (χ3v) is 8.74. The Morgan fingerprint density at radius 3 is 1.50 bits per heavy atom. The van der Waals surface area contributed by atoms with Gasteiger partial charge in [-0.25, -0.2) is 0 Å². The van der Waals surface area contributed by atoms with Gasteiger partial charge in [-0.2, -0.15) is 0 Å². The summed E-state index contributed by atoms with van der Waals surface area (Å²) in [6.07, 6.45) is 19.5. The van der Waals surface area contributed by atoms with E-state index in [1.807, 2.05) is 0 Å². The second-order valence-corrected chi connectivity index (χ2v) is 11.3. The molecule has 2 aliphatic carbocycles. The molecule has 2 saturated carbocycles. The molecule has 0 nitrogen and oxygen atoms in total. The Morgan fingerprint density at radius 2 is 1.00 bits per heavy atom. The fourth-order valence-corrected chi connectivity index (χ4v) is 6.52. The lowest BCUT2D eigenvalue weighted by molar-refractivity contribution is 0.252. The zero-order valence-corrected chi connectivity index (χ0v) is 21.8. The normalized spacial score (nSPS) is 24.9. The van der Waals surface area contributed by atoms with Crippen molar-refractivity contribution in [3.8, 4) is 11.8 Å². The van der Waals surface area contributed by atoms with E-state index in [4.69, 9.17) is 0 Å². The number of hydrogen-bond acceptors (Lipinski definition) is 0. The lowest BCUT2D eigenvalue weighted by Gasteiger charge is -2.28. The van der Waals surface area contributed by atoms with Crippen LogP contribution in [0.1, 0.15) is 125 Å². The van der Waals surface area contributed by atoms with Gasteiger partial charge in [-0.05, 0) is 97.6 Å². The molecule has 0 spiro atoms. The van der Waals surface area contributed by atoms with Gasteiger partial charge in [0.1, 0.15) is 0 Å². The van der Waals surface area contributed by atoms with Gasteiger partial charge in [-0.3, -0.25) is 0 Å². The molecule has 2 aromatic carbocycles. The summed E-state index contributed by atoms with van der Waals surface area (Å²) in [4.78, 5) is 0. The molecule has 0 radical (unpaired) electrons. The van der Waals surface area contributed by atoms with Gasteiger partial charge in [0.25, 0.3) is 0 Å². The molecule has 2 aliphatic rings. The van der Waals surface area contributed by atoms with Crippen molar-refractivity contribution in [2.24, 2.45) is 17.8 Å². The number of rotatable bonds is 8. The highest BCUT2D eigenvalue weighted by Crippen LogP contribution is 2.37. The van der Waals surface area contributed by atoms with Gasteiger partial charge in [0, 0.05) is 11.1 Å². The Kier molecular flexibility index (Phi) is 9.74. The molecule has 0 heteroatoms. The molecule has 0 N–H and O–H groups in total. The fourth-order valence-electron chi connectivity index (χ4n) is 6.52. The van der Waals surface area contributed by atoms with E-state index in [0.29, 0.717) is 0 Å². The zero-order chi connectivity index (χ0) is 23.6. The van der Waals surface area contributed by atoms with Crippen LogP contribution in [-0.4, -0.2) is 0 Å². The van der Waals surface area contributed by atoms with Crippen molar-refractivity contribution in [3.05, 3.63) is 70.8 Å². The lowest BCUT2D eigenvalue weighted by Crippen LogP contribution is -2.15. The van der Waals surface area contributed by atoms with Crippen LogP contribution in [0.2, 0.25) is 0 Å². The van der Waals surface area contributed by atoms with E-state index in [2.05, 4.69) is 74.2 Å². The topological polar surface area (TPSA) is 0 Å². The first-order valence-corrected chi connectivity index (χ1v) is 14.4. The first-order valence-electron chi connectivity index (χ1n) is 14.4. The lowest BCUT2D eigenvalue weighted by atomic mass is 9.77. The van der Waals surface area contributed by atoms with E-state index in [1.54, 1.807) is 0 Å². The second-order valence-electron chi connectivity index (χ2n) is 11.3. The van der Waals surface area contributed by atoms with Crippen molar-refractivity contribution >= 4 is 0 Å². The molecule has 0 atom stereocenters. The van der Waals surface area contributed by atoms with Crippen LogP contribution in [0, 0.1) is 29.6 Å². The van der Waals surface area contributed by atoms with Crippen LogP contribution in [0.15, 0.2) is 48.5 Å². The van der Waals surface area contributed by atoms with Gasteiger partial charge in [-0.15, -0.1) is 0 Å². The molecule has 0 aliphatic heterocycles. The molecule has 182 valence electrons. The number of aryl methyl sites for hydroxylation is 1. The summed E-state index contributed by atoms with van der Waals surface area (Å²) in [5.41, 5.74) is 5.25. The van der Waals surface area contributed by atoms with Crippen LogP contribution >= 0.6 is 0 Å². The monoisotopic (exact) mass is 454 g/mol. The van der Waals surface area contributed by atoms with Gasteiger partial charge in [0.15, 0.2) is 0 Å². The molecule has 0 unspecified atom stereocenters. The third kappa shape index (κ3) is 7.50. The fraction of sp³-hybridized carbons (Fsp3) is 0.588. The van der Waals surface area contributed by atoms with Crippen LogP contribution in [0.25, 0.3) is 0 Å². The molecule has 0 saturated heterocycles. The standard InChI is InChI=1S/C34H46/c1-3-5-27-7-9-29(10-8-27)11-12-30-13-15-31(16-14-30)17-18-32-21-25-34(26-22-32)33-23-19-28(6-4-2)20-24-33/h13-16,21-22,25-29,33H,3-12,19-20,23-24H2,1-2H3. The molecule has 0 bridgehead atoms. The van der Waals surface area contributed by atoms with Gasteiger partial charge in [0.05, 0.1) is 0 Å². The van der Waals surface area contributed by atoms with E-state index in [-0.39, 0.29) is 0 Å². The van der Waals surface area contributed by atoms with Gasteiger partial charge in [0.2, 0.25) is 0 Å². The Hall–Kier alpha value is -2.00. The molecule has 0 aromatic heterocycles. The van der Waals surface area contributed by atoms with E-state index in [0.717, 1.165) is 34.8 Å². The summed E-state index contributed by atoms with van der Waals surface area (Å²) in [6.45, 7) is 4.65. The molecule has 4 rings (SSSR count). The molecule has 2 aromatic rings. The number of benzene rings is 2. The summed E-state index contributed by atoms with van der Waals surface area (Å²) in [6, 6.07) is 18.1. The van der Waals surface area contributed by atoms with E-state index in [1.165, 1.54) is 101 Å². The van der Waals surface area contributed by atoms with E-state index >= 15 is 0 Å². The highest BCUT2D eigenvalue weighted by atomic mass is 14.3. The first-order chi connectivity index (χ1) is 16.7. The Labute approximate surface area is 210 Å². The smallest absolute Gasteiger partial charge is 0.0249 e. The Balaban J connectivity index is 1.23. The van der Waals surface area contributed by atoms with Crippen LogP contribution in [0.5, 0.6) is 0 Å². The average molecular weight is 455 g/mol. The first kappa shape index (κ1) is 25.1. The minimum atomic E-state index is 0.758. The maximum absolute atomic E-state index is 3.38. The minimum absolute atomic E-state index is 0.758. The van der Waals surface area contributed by atoms with Crippen molar-refractivity contribution in [2.45, 2.75) is 110 Å². The molecular weight excluding hydrogens is 408 g/mol. The zero-order valence-electron chi connectivity index (χ0n) is 21.8. The summed E-state index contributed by atoms with van der Waals surface area (Å²) in [7, 11) is 0. The third-order valence-electron chi connectivity index (χ3n) is 8.74. The van der Waals surface area contributed by atoms with Crippen LogP contribution in [-0.2, 0) is 6.42 Å². The summed E-state index contributed by atoms with van der Waals surface area (Å²) in [5, 5.41) is 0. The van der Waals surface area contributed by atoms with Crippen LogP contribution in [0.4, 0.5) is 0 Å². The molecule has 2 fully saturated rings. The Morgan fingerprint density at radius 1 is 0.559 bits per heavy atom. The number of hydrogen-bond donors (Lipinski definition) is 0. The molecular formula is C34H46. The van der Waals surface area contributed by atoms with Crippen LogP contribution < -0.4 is 0 Å². The van der Waals surface area contributed by atoms with Crippen molar-refractivity contribution in [3.63, 3.8) is 0 Å². The quantitative estimate of drug-likeness (QED) is 0.348. The maximum atomic E-state index is 3.38. The summed E-state index contributed by atoms with van der Waals surface area (Å²) < 4.78 is 0. The van der Waals surface area contributed by atoms with E-state index in [9.17, 15) is 0 Å². The predicted molar refractivity (Wildman–Crippen MR) is 147 cm³/mol. The highest BCUT2D eigenvalue weighted by Gasteiger charge is 2.22. The average Bonchev–Trinajstić information content (AvgIpc) is 2.89. The largest absolute Gasteiger partial charge is 0.0654 e. The van der Waals surface area contributed by atoms with Gasteiger partial charge in [-0.1, -0.05) is 101 Å². The summed E-state index contributed by atoms with van der Waals surface area (Å²) >= 11 is 0. The van der Waals surface area contributed by atoms with Gasteiger partial charge < -0.3 is 0 Å². The minimum Gasteiger partial charge on any atom is -0.0654 e. The van der Waals surface area contributed by atoms with Crippen molar-refractivity contribution < 1.29 is 0 Å². The Bertz CT molecular complexity index is 891. The second kappa shape index (κ2) is 13.2. The van der Waals surface area contributed by atoms with E-state index < -0.39 is 0 Å². The molecule has 0 amide bonds. The van der Waals surface area contributed by atoms with Crippen molar-refractivity contribution in [2.75, 3.05) is 0 Å².